The fraction of sp³-hybridized carbons (Fsp3) is 0.571. The summed E-state index contributed by atoms with van der Waals surface area (Å²) in [5.74, 6) is 0.656. The Bertz CT molecular complexity index is 341. The van der Waals surface area contributed by atoms with Gasteiger partial charge in [-0.3, -0.25) is 0 Å². The molecule has 0 aliphatic rings. The standard InChI is InChI=1S/C14H22ClNO/c1-11(2)10-16(3)8-7-14(17)12-5-4-6-13(15)9-12/h4-6,9,11,14,17H,7-8,10H2,1-3H3. The van der Waals surface area contributed by atoms with Gasteiger partial charge in [-0.05, 0) is 37.1 Å². The molecule has 1 N–H and O–H groups in total. The quantitative estimate of drug-likeness (QED) is 0.843. The molecule has 0 aromatic heterocycles. The largest absolute Gasteiger partial charge is 0.388 e. The van der Waals surface area contributed by atoms with Gasteiger partial charge in [-0.2, -0.15) is 0 Å². The SMILES string of the molecule is CC(C)CN(C)CCC(O)c1cccc(Cl)c1. The summed E-state index contributed by atoms with van der Waals surface area (Å²) in [6.07, 6.45) is 0.312. The third kappa shape index (κ3) is 5.53. The van der Waals surface area contributed by atoms with E-state index >= 15 is 0 Å². The van der Waals surface area contributed by atoms with Crippen molar-refractivity contribution >= 4 is 11.6 Å². The molecule has 0 fully saturated rings. The molecular formula is C14H22ClNO. The van der Waals surface area contributed by atoms with Crippen molar-refractivity contribution in [3.63, 3.8) is 0 Å². The zero-order valence-corrected chi connectivity index (χ0v) is 11.6. The van der Waals surface area contributed by atoms with E-state index in [0.717, 1.165) is 25.1 Å². The van der Waals surface area contributed by atoms with Gasteiger partial charge in [0.05, 0.1) is 6.10 Å². The Morgan fingerprint density at radius 1 is 1.35 bits per heavy atom. The number of aliphatic hydroxyl groups is 1. The molecule has 1 unspecified atom stereocenters. The molecule has 1 rings (SSSR count). The third-order valence-electron chi connectivity index (χ3n) is 2.69. The minimum atomic E-state index is -0.427. The number of benzene rings is 1. The van der Waals surface area contributed by atoms with Crippen LogP contribution in [0.25, 0.3) is 0 Å². The molecule has 0 heterocycles. The summed E-state index contributed by atoms with van der Waals surface area (Å²) in [5.41, 5.74) is 0.899. The normalized spacial score (nSPS) is 13.4. The molecular weight excluding hydrogens is 234 g/mol. The summed E-state index contributed by atoms with van der Waals surface area (Å²) < 4.78 is 0. The minimum Gasteiger partial charge on any atom is -0.388 e. The van der Waals surface area contributed by atoms with Crippen LogP contribution in [0.15, 0.2) is 24.3 Å². The van der Waals surface area contributed by atoms with Crippen LogP contribution in [0.1, 0.15) is 31.9 Å². The predicted molar refractivity (Wildman–Crippen MR) is 73.4 cm³/mol. The topological polar surface area (TPSA) is 23.5 Å². The van der Waals surface area contributed by atoms with E-state index < -0.39 is 6.10 Å². The van der Waals surface area contributed by atoms with Crippen molar-refractivity contribution in [1.82, 2.24) is 4.90 Å². The van der Waals surface area contributed by atoms with Crippen LogP contribution in [-0.4, -0.2) is 30.1 Å². The Hall–Kier alpha value is -0.570. The summed E-state index contributed by atoms with van der Waals surface area (Å²) in [5, 5.41) is 10.7. The summed E-state index contributed by atoms with van der Waals surface area (Å²) in [6, 6.07) is 7.44. The monoisotopic (exact) mass is 255 g/mol. The lowest BCUT2D eigenvalue weighted by molar-refractivity contribution is 0.146. The molecule has 0 aliphatic carbocycles. The summed E-state index contributed by atoms with van der Waals surface area (Å²) in [6.45, 7) is 6.35. The van der Waals surface area contributed by atoms with Gasteiger partial charge in [0.15, 0.2) is 0 Å². The molecule has 3 heteroatoms. The second-order valence-corrected chi connectivity index (χ2v) is 5.45. The van der Waals surface area contributed by atoms with Gasteiger partial charge in [-0.1, -0.05) is 37.6 Å². The highest BCUT2D eigenvalue weighted by atomic mass is 35.5. The lowest BCUT2D eigenvalue weighted by atomic mass is 10.1. The molecule has 0 saturated carbocycles. The highest BCUT2D eigenvalue weighted by Crippen LogP contribution is 2.20. The van der Waals surface area contributed by atoms with Crippen LogP contribution in [0.3, 0.4) is 0 Å². The Labute approximate surface area is 109 Å². The van der Waals surface area contributed by atoms with E-state index in [2.05, 4.69) is 25.8 Å². The van der Waals surface area contributed by atoms with E-state index in [1.165, 1.54) is 0 Å². The van der Waals surface area contributed by atoms with Crippen LogP contribution in [0, 0.1) is 5.92 Å². The maximum atomic E-state index is 10.0. The van der Waals surface area contributed by atoms with E-state index in [0.29, 0.717) is 10.9 Å². The van der Waals surface area contributed by atoms with Gasteiger partial charge in [-0.15, -0.1) is 0 Å². The second kappa shape index (κ2) is 7.00. The number of nitrogens with zero attached hydrogens (tertiary/aromatic N) is 1. The highest BCUT2D eigenvalue weighted by Gasteiger charge is 2.09. The van der Waals surface area contributed by atoms with Crippen LogP contribution < -0.4 is 0 Å². The van der Waals surface area contributed by atoms with E-state index in [4.69, 9.17) is 11.6 Å². The van der Waals surface area contributed by atoms with Crippen molar-refractivity contribution in [2.75, 3.05) is 20.1 Å². The molecule has 0 bridgehead atoms. The Morgan fingerprint density at radius 3 is 2.65 bits per heavy atom. The van der Waals surface area contributed by atoms with Crippen molar-refractivity contribution in [2.45, 2.75) is 26.4 Å². The van der Waals surface area contributed by atoms with Crippen LogP contribution in [0.4, 0.5) is 0 Å². The Kier molecular flexibility index (Phi) is 5.96. The van der Waals surface area contributed by atoms with E-state index in [9.17, 15) is 5.11 Å². The van der Waals surface area contributed by atoms with Crippen molar-refractivity contribution in [1.29, 1.82) is 0 Å². The molecule has 1 atom stereocenters. The van der Waals surface area contributed by atoms with Crippen LogP contribution >= 0.6 is 11.6 Å². The lowest BCUT2D eigenvalue weighted by Crippen LogP contribution is -2.25. The number of hydrogen-bond acceptors (Lipinski definition) is 2. The van der Waals surface area contributed by atoms with E-state index in [1.54, 1.807) is 0 Å². The van der Waals surface area contributed by atoms with Gasteiger partial charge in [0, 0.05) is 18.1 Å². The Balaban J connectivity index is 2.42. The van der Waals surface area contributed by atoms with Gasteiger partial charge in [0.25, 0.3) is 0 Å². The summed E-state index contributed by atoms with van der Waals surface area (Å²) in [4.78, 5) is 2.25. The number of halogens is 1. The summed E-state index contributed by atoms with van der Waals surface area (Å²) in [7, 11) is 2.09. The predicted octanol–water partition coefficient (Wildman–Crippen LogP) is 3.35. The molecule has 0 spiro atoms. The molecule has 0 radical (unpaired) electrons. The van der Waals surface area contributed by atoms with Crippen molar-refractivity contribution in [3.05, 3.63) is 34.9 Å². The van der Waals surface area contributed by atoms with Gasteiger partial charge in [0.1, 0.15) is 0 Å². The molecule has 0 aliphatic heterocycles. The first-order valence-electron chi connectivity index (χ1n) is 6.11. The van der Waals surface area contributed by atoms with Crippen molar-refractivity contribution in [2.24, 2.45) is 5.92 Å². The maximum absolute atomic E-state index is 10.0. The van der Waals surface area contributed by atoms with Gasteiger partial charge in [0.2, 0.25) is 0 Å². The van der Waals surface area contributed by atoms with Crippen LogP contribution in [0.5, 0.6) is 0 Å². The Morgan fingerprint density at radius 2 is 2.06 bits per heavy atom. The molecule has 17 heavy (non-hydrogen) atoms. The fourth-order valence-electron chi connectivity index (χ4n) is 1.94. The third-order valence-corrected chi connectivity index (χ3v) is 2.93. The average Bonchev–Trinajstić information content (AvgIpc) is 2.25. The van der Waals surface area contributed by atoms with Crippen molar-refractivity contribution < 1.29 is 5.11 Å². The first-order chi connectivity index (χ1) is 7.99. The van der Waals surface area contributed by atoms with E-state index in [-0.39, 0.29) is 0 Å². The molecule has 0 saturated heterocycles. The number of aliphatic hydroxyl groups excluding tert-OH is 1. The molecule has 0 amide bonds. The van der Waals surface area contributed by atoms with Gasteiger partial charge in [-0.25, -0.2) is 0 Å². The lowest BCUT2D eigenvalue weighted by Gasteiger charge is -2.20. The fourth-order valence-corrected chi connectivity index (χ4v) is 2.14. The molecule has 1 aromatic rings. The summed E-state index contributed by atoms with van der Waals surface area (Å²) >= 11 is 5.90. The first-order valence-corrected chi connectivity index (χ1v) is 6.49. The highest BCUT2D eigenvalue weighted by molar-refractivity contribution is 6.30. The molecule has 1 aromatic carbocycles. The van der Waals surface area contributed by atoms with Crippen molar-refractivity contribution in [3.8, 4) is 0 Å². The zero-order chi connectivity index (χ0) is 12.8. The van der Waals surface area contributed by atoms with Gasteiger partial charge >= 0.3 is 0 Å². The minimum absolute atomic E-state index is 0.427. The second-order valence-electron chi connectivity index (χ2n) is 5.02. The average molecular weight is 256 g/mol. The molecule has 96 valence electrons. The van der Waals surface area contributed by atoms with Gasteiger partial charge < -0.3 is 10.0 Å². The smallest absolute Gasteiger partial charge is 0.0802 e. The van der Waals surface area contributed by atoms with E-state index in [1.807, 2.05) is 24.3 Å². The maximum Gasteiger partial charge on any atom is 0.0802 e. The van der Waals surface area contributed by atoms with Crippen LogP contribution in [-0.2, 0) is 0 Å². The number of rotatable bonds is 6. The number of hydrogen-bond donors (Lipinski definition) is 1. The zero-order valence-electron chi connectivity index (χ0n) is 10.9. The van der Waals surface area contributed by atoms with Crippen LogP contribution in [0.2, 0.25) is 5.02 Å². The molecule has 2 nitrogen and oxygen atoms in total. The first kappa shape index (κ1) is 14.5.